The maximum absolute atomic E-state index is 12.8. The number of amides is 1. The molecule has 0 aliphatic rings. The van der Waals surface area contributed by atoms with Gasteiger partial charge in [-0.15, -0.1) is 0 Å². The molecule has 0 unspecified atom stereocenters. The molecule has 7 nitrogen and oxygen atoms in total. The van der Waals surface area contributed by atoms with E-state index in [4.69, 9.17) is 4.74 Å². The highest BCUT2D eigenvalue weighted by molar-refractivity contribution is 14.1. The van der Waals surface area contributed by atoms with E-state index in [1.807, 2.05) is 54.6 Å². The molecule has 33 heavy (non-hydrogen) atoms. The second-order valence-electron chi connectivity index (χ2n) is 7.33. The van der Waals surface area contributed by atoms with Crippen molar-refractivity contribution in [1.29, 1.82) is 0 Å². The van der Waals surface area contributed by atoms with Gasteiger partial charge in [-0.2, -0.15) is 5.10 Å². The summed E-state index contributed by atoms with van der Waals surface area (Å²) in [4.78, 5) is 12.8. The molecule has 3 aromatic carbocycles. The fourth-order valence-corrected chi connectivity index (χ4v) is 4.82. The number of hydrogen-bond acceptors (Lipinski definition) is 5. The van der Waals surface area contributed by atoms with Crippen molar-refractivity contribution in [3.63, 3.8) is 0 Å². The average molecular weight is 577 g/mol. The van der Waals surface area contributed by atoms with E-state index < -0.39 is 22.0 Å². The maximum atomic E-state index is 12.8. The summed E-state index contributed by atoms with van der Waals surface area (Å²) in [6.45, 7) is 3.29. The minimum Gasteiger partial charge on any atom is -0.457 e. The van der Waals surface area contributed by atoms with Crippen LogP contribution in [0.2, 0.25) is 0 Å². The van der Waals surface area contributed by atoms with Crippen LogP contribution in [0.5, 0.6) is 11.5 Å². The van der Waals surface area contributed by atoms with Crippen molar-refractivity contribution in [3.05, 3.63) is 88.0 Å². The van der Waals surface area contributed by atoms with Gasteiger partial charge in [0, 0.05) is 3.57 Å². The fraction of sp³-hybridized carbons (Fsp3) is 0.167. The first-order valence-corrected chi connectivity index (χ1v) is 13.0. The second-order valence-corrected chi connectivity index (χ2v) is 10.4. The molecule has 1 N–H and O–H groups in total. The van der Waals surface area contributed by atoms with Gasteiger partial charge in [-0.1, -0.05) is 30.3 Å². The predicted octanol–water partition coefficient (Wildman–Crippen LogP) is 4.78. The molecular weight excluding hydrogens is 553 g/mol. The van der Waals surface area contributed by atoms with Gasteiger partial charge in [-0.3, -0.25) is 9.10 Å². The van der Waals surface area contributed by atoms with Crippen molar-refractivity contribution in [3.8, 4) is 11.5 Å². The van der Waals surface area contributed by atoms with Crippen LogP contribution in [0.4, 0.5) is 5.69 Å². The van der Waals surface area contributed by atoms with Gasteiger partial charge in [0.05, 0.1) is 17.7 Å². The summed E-state index contributed by atoms with van der Waals surface area (Å²) in [5.41, 5.74) is 4.31. The Balaban J connectivity index is 1.76. The lowest BCUT2D eigenvalue weighted by Gasteiger charge is -2.27. The first-order chi connectivity index (χ1) is 15.6. The number of para-hydroxylation sites is 1. The van der Waals surface area contributed by atoms with Crippen LogP contribution in [0.25, 0.3) is 0 Å². The number of carbonyl (C=O) groups is 1. The summed E-state index contributed by atoms with van der Waals surface area (Å²) in [6, 6.07) is 22.4. The third kappa shape index (κ3) is 6.78. The number of halogens is 1. The molecule has 172 valence electrons. The quantitative estimate of drug-likeness (QED) is 0.237. The Labute approximate surface area is 207 Å². The van der Waals surface area contributed by atoms with Crippen LogP contribution in [0.1, 0.15) is 19.4 Å². The van der Waals surface area contributed by atoms with E-state index in [1.165, 1.54) is 6.92 Å². The third-order valence-corrected chi connectivity index (χ3v) is 6.65. The van der Waals surface area contributed by atoms with Gasteiger partial charge in [0.15, 0.2) is 0 Å². The molecule has 0 aliphatic carbocycles. The van der Waals surface area contributed by atoms with Crippen LogP contribution in [-0.4, -0.2) is 32.3 Å². The number of nitrogens with zero attached hydrogens (tertiary/aromatic N) is 2. The number of nitrogens with one attached hydrogen (secondary N) is 1. The highest BCUT2D eigenvalue weighted by Crippen LogP contribution is 2.27. The molecule has 3 aromatic rings. The molecule has 0 aliphatic heterocycles. The summed E-state index contributed by atoms with van der Waals surface area (Å²) in [7, 11) is -3.75. The van der Waals surface area contributed by atoms with E-state index in [2.05, 4.69) is 33.1 Å². The topological polar surface area (TPSA) is 88.1 Å². The number of hydrogen-bond donors (Lipinski definition) is 1. The van der Waals surface area contributed by atoms with Gasteiger partial charge >= 0.3 is 0 Å². The monoisotopic (exact) mass is 577 g/mol. The van der Waals surface area contributed by atoms with E-state index in [0.717, 1.165) is 19.7 Å². The fourth-order valence-electron chi connectivity index (χ4n) is 3.10. The molecular formula is C24H24IN3O4S. The van der Waals surface area contributed by atoms with E-state index in [9.17, 15) is 13.2 Å². The molecule has 0 saturated carbocycles. The van der Waals surface area contributed by atoms with E-state index in [0.29, 0.717) is 22.9 Å². The minimum atomic E-state index is -3.75. The number of carbonyl (C=O) groups excluding carboxylic acids is 1. The normalized spacial score (nSPS) is 12.7. The van der Waals surface area contributed by atoms with Gasteiger partial charge in [-0.25, -0.2) is 13.8 Å². The maximum Gasteiger partial charge on any atom is 0.263 e. The summed E-state index contributed by atoms with van der Waals surface area (Å²) in [5, 5.41) is 4.15. The number of sulfonamides is 1. The molecule has 9 heteroatoms. The van der Waals surface area contributed by atoms with E-state index in [-0.39, 0.29) is 0 Å². The lowest BCUT2D eigenvalue weighted by Crippen LogP contribution is -2.46. The molecule has 3 rings (SSSR count). The summed E-state index contributed by atoms with van der Waals surface area (Å²) >= 11 is 2.20. The molecule has 0 radical (unpaired) electrons. The van der Waals surface area contributed by atoms with Gasteiger partial charge in [-0.05, 0) is 90.5 Å². The average Bonchev–Trinajstić information content (AvgIpc) is 2.78. The molecule has 0 aromatic heterocycles. The second kappa shape index (κ2) is 10.8. The number of anilines is 1. The molecule has 0 heterocycles. The summed E-state index contributed by atoms with van der Waals surface area (Å²) in [6.07, 6.45) is 1.06. The molecule has 1 atom stereocenters. The Morgan fingerprint density at radius 1 is 1.00 bits per heavy atom. The summed E-state index contributed by atoms with van der Waals surface area (Å²) < 4.78 is 32.9. The first-order valence-electron chi connectivity index (χ1n) is 10.1. The molecule has 0 bridgehead atoms. The molecule has 0 saturated heterocycles. The van der Waals surface area contributed by atoms with E-state index in [1.54, 1.807) is 31.2 Å². The Bertz CT molecular complexity index is 1250. The first kappa shape index (κ1) is 24.7. The zero-order chi connectivity index (χ0) is 24.0. The standard InChI is InChI=1S/C24H24IN3O4S/c1-17(19-8-7-9-20(25)16-19)26-27-24(29)18(2)28(33(3,30)31)21-12-14-23(15-13-21)32-22-10-5-4-6-11-22/h4-16,18H,1-3H3,(H,27,29)/b26-17-/t18-/m1/s1. The third-order valence-electron chi connectivity index (χ3n) is 4.73. The molecule has 1 amide bonds. The van der Waals surface area contributed by atoms with Crippen molar-refractivity contribution in [2.24, 2.45) is 5.10 Å². The molecule has 0 fully saturated rings. The zero-order valence-corrected chi connectivity index (χ0v) is 21.4. The van der Waals surface area contributed by atoms with E-state index >= 15 is 0 Å². The SMILES string of the molecule is C/C(=N/NC(=O)[C@@H](C)N(c1ccc(Oc2ccccc2)cc1)S(C)(=O)=O)c1cccc(I)c1. The zero-order valence-electron chi connectivity index (χ0n) is 18.4. The van der Waals surface area contributed by atoms with Gasteiger partial charge < -0.3 is 4.74 Å². The van der Waals surface area contributed by atoms with Crippen LogP contribution in [0, 0.1) is 3.57 Å². The van der Waals surface area contributed by atoms with Gasteiger partial charge in [0.25, 0.3) is 5.91 Å². The lowest BCUT2D eigenvalue weighted by molar-refractivity contribution is -0.121. The van der Waals surface area contributed by atoms with Crippen molar-refractivity contribution < 1.29 is 17.9 Å². The number of rotatable bonds is 8. The van der Waals surface area contributed by atoms with Crippen molar-refractivity contribution >= 4 is 49.9 Å². The largest absolute Gasteiger partial charge is 0.457 e. The van der Waals surface area contributed by atoms with Gasteiger partial charge in [0.2, 0.25) is 10.0 Å². The Morgan fingerprint density at radius 3 is 2.24 bits per heavy atom. The van der Waals surface area contributed by atoms with Crippen molar-refractivity contribution in [1.82, 2.24) is 5.43 Å². The predicted molar refractivity (Wildman–Crippen MR) is 139 cm³/mol. The number of hydrazone groups is 1. The van der Waals surface area contributed by atoms with Crippen LogP contribution >= 0.6 is 22.6 Å². The Morgan fingerprint density at radius 2 is 1.64 bits per heavy atom. The Hall–Kier alpha value is -2.92. The van der Waals surface area contributed by atoms with Gasteiger partial charge in [0.1, 0.15) is 17.5 Å². The number of ether oxygens (including phenoxy) is 1. The van der Waals surface area contributed by atoms with Crippen LogP contribution in [0.3, 0.4) is 0 Å². The lowest BCUT2D eigenvalue weighted by atomic mass is 10.1. The smallest absolute Gasteiger partial charge is 0.263 e. The minimum absolute atomic E-state index is 0.346. The van der Waals surface area contributed by atoms with Crippen LogP contribution in [0.15, 0.2) is 84.0 Å². The van der Waals surface area contributed by atoms with Crippen molar-refractivity contribution in [2.45, 2.75) is 19.9 Å². The summed E-state index contributed by atoms with van der Waals surface area (Å²) in [5.74, 6) is 0.669. The van der Waals surface area contributed by atoms with Crippen LogP contribution < -0.4 is 14.5 Å². The number of benzene rings is 3. The highest BCUT2D eigenvalue weighted by Gasteiger charge is 2.29. The molecule has 0 spiro atoms. The van der Waals surface area contributed by atoms with Crippen LogP contribution in [-0.2, 0) is 14.8 Å². The van der Waals surface area contributed by atoms with Crippen molar-refractivity contribution in [2.75, 3.05) is 10.6 Å². The highest BCUT2D eigenvalue weighted by atomic mass is 127. The Kier molecular flexibility index (Phi) is 8.09.